The number of pyridine rings is 1. The predicted octanol–water partition coefficient (Wildman–Crippen LogP) is 6.49. The molecule has 1 saturated carbocycles. The molecule has 0 radical (unpaired) electrons. The molecule has 2 aromatic carbocycles. The molecule has 1 amide bonds. The third-order valence-electron chi connectivity index (χ3n) is 6.40. The summed E-state index contributed by atoms with van der Waals surface area (Å²) in [7, 11) is 0. The van der Waals surface area contributed by atoms with Crippen molar-refractivity contribution in [2.45, 2.75) is 25.7 Å². The number of nitrogens with one attached hydrogen (secondary N) is 1. The number of amides is 1. The van der Waals surface area contributed by atoms with Crippen molar-refractivity contribution in [3.05, 3.63) is 77.2 Å². The zero-order valence-corrected chi connectivity index (χ0v) is 17.2. The van der Waals surface area contributed by atoms with E-state index >= 15 is 0 Å². The van der Waals surface area contributed by atoms with Gasteiger partial charge in [0.15, 0.2) is 0 Å². The highest BCUT2D eigenvalue weighted by atomic mass is 35.5. The monoisotopic (exact) mass is 420 g/mol. The number of rotatable bonds is 4. The lowest BCUT2D eigenvalue weighted by Crippen LogP contribution is -2.15. The van der Waals surface area contributed by atoms with Crippen LogP contribution in [-0.2, 0) is 4.79 Å². The topological polar surface area (TPSA) is 42.0 Å². The number of hydrogen-bond acceptors (Lipinski definition) is 2. The second kappa shape index (κ2) is 7.84. The first kappa shape index (κ1) is 19.3. The van der Waals surface area contributed by atoms with Crippen molar-refractivity contribution in [3.63, 3.8) is 0 Å². The molecule has 2 aliphatic rings. The molecule has 0 bridgehead atoms. The van der Waals surface area contributed by atoms with E-state index in [0.717, 1.165) is 41.4 Å². The lowest BCUT2D eigenvalue weighted by Gasteiger charge is -2.13. The maximum Gasteiger partial charge on any atom is 0.224 e. The molecule has 30 heavy (non-hydrogen) atoms. The molecule has 1 aromatic heterocycles. The number of nitrogens with zero attached hydrogens (tertiary/aromatic N) is 1. The number of carbonyl (C=O) groups excluding carboxylic acids is 1. The van der Waals surface area contributed by atoms with Crippen LogP contribution in [0.25, 0.3) is 16.5 Å². The number of benzene rings is 2. The van der Waals surface area contributed by atoms with E-state index in [1.165, 1.54) is 11.6 Å². The summed E-state index contributed by atoms with van der Waals surface area (Å²) in [6, 6.07) is 14.0. The molecule has 3 atom stereocenters. The Morgan fingerprint density at radius 1 is 1.13 bits per heavy atom. The summed E-state index contributed by atoms with van der Waals surface area (Å²) in [4.78, 5) is 16.8. The number of hydrogen-bond donors (Lipinski definition) is 1. The van der Waals surface area contributed by atoms with Crippen LogP contribution in [0.1, 0.15) is 31.2 Å². The van der Waals surface area contributed by atoms with Crippen LogP contribution in [-0.4, -0.2) is 10.9 Å². The summed E-state index contributed by atoms with van der Waals surface area (Å²) >= 11 is 5.90. The molecule has 0 spiro atoms. The van der Waals surface area contributed by atoms with Gasteiger partial charge >= 0.3 is 0 Å². The zero-order chi connectivity index (χ0) is 20.7. The van der Waals surface area contributed by atoms with E-state index in [0.29, 0.717) is 29.2 Å². The van der Waals surface area contributed by atoms with Gasteiger partial charge in [-0.05, 0) is 96.7 Å². The van der Waals surface area contributed by atoms with Crippen LogP contribution in [0.2, 0.25) is 5.02 Å². The van der Waals surface area contributed by atoms with Gasteiger partial charge in [0, 0.05) is 28.7 Å². The molecule has 3 aromatic rings. The normalized spacial score (nSPS) is 22.7. The number of allylic oxidation sites excluding steroid dienone is 2. The molecule has 2 unspecified atom stereocenters. The summed E-state index contributed by atoms with van der Waals surface area (Å²) in [5, 5.41) is 4.50. The third-order valence-corrected chi connectivity index (χ3v) is 6.65. The van der Waals surface area contributed by atoms with Crippen LogP contribution in [0.5, 0.6) is 0 Å². The molecule has 0 aliphatic heterocycles. The van der Waals surface area contributed by atoms with E-state index in [4.69, 9.17) is 11.6 Å². The molecule has 1 fully saturated rings. The third kappa shape index (κ3) is 3.84. The number of halogens is 2. The Bertz CT molecular complexity index is 1140. The maximum atomic E-state index is 13.8. The van der Waals surface area contributed by atoms with Crippen molar-refractivity contribution in [2.75, 3.05) is 5.32 Å². The Hall–Kier alpha value is -2.72. The zero-order valence-electron chi connectivity index (χ0n) is 16.4. The summed E-state index contributed by atoms with van der Waals surface area (Å²) in [6.45, 7) is 0. The van der Waals surface area contributed by atoms with Crippen molar-refractivity contribution in [1.29, 1.82) is 0 Å². The van der Waals surface area contributed by atoms with E-state index in [-0.39, 0.29) is 11.7 Å². The van der Waals surface area contributed by atoms with E-state index in [2.05, 4.69) is 16.4 Å². The number of fused-ring (bicyclic) bond motifs is 2. The molecule has 0 saturated heterocycles. The van der Waals surface area contributed by atoms with Crippen LogP contribution in [0.4, 0.5) is 10.1 Å². The summed E-state index contributed by atoms with van der Waals surface area (Å²) in [5.74, 6) is 1.27. The molecule has 3 nitrogen and oxygen atoms in total. The van der Waals surface area contributed by atoms with Crippen molar-refractivity contribution < 1.29 is 9.18 Å². The van der Waals surface area contributed by atoms with Gasteiger partial charge < -0.3 is 5.32 Å². The van der Waals surface area contributed by atoms with Crippen LogP contribution in [0, 0.1) is 23.6 Å². The fraction of sp³-hybridized carbons (Fsp3) is 0.280. The predicted molar refractivity (Wildman–Crippen MR) is 119 cm³/mol. The quantitative estimate of drug-likeness (QED) is 0.524. The summed E-state index contributed by atoms with van der Waals surface area (Å²) in [6.07, 6.45) is 7.75. The molecule has 1 N–H and O–H groups in total. The van der Waals surface area contributed by atoms with Crippen LogP contribution >= 0.6 is 11.6 Å². The number of aromatic nitrogens is 1. The first-order valence-electron chi connectivity index (χ1n) is 10.4. The summed E-state index contributed by atoms with van der Waals surface area (Å²) < 4.78 is 13.8. The van der Waals surface area contributed by atoms with Gasteiger partial charge in [-0.3, -0.25) is 9.78 Å². The van der Waals surface area contributed by atoms with Crippen molar-refractivity contribution in [3.8, 4) is 0 Å². The van der Waals surface area contributed by atoms with E-state index in [1.807, 2.05) is 18.2 Å². The minimum atomic E-state index is -0.234. The van der Waals surface area contributed by atoms with Crippen LogP contribution in [0.3, 0.4) is 0 Å². The smallest absolute Gasteiger partial charge is 0.224 e. The summed E-state index contributed by atoms with van der Waals surface area (Å²) in [5.41, 5.74) is 3.98. The van der Waals surface area contributed by atoms with Gasteiger partial charge in [0.05, 0.1) is 5.52 Å². The highest BCUT2D eigenvalue weighted by Crippen LogP contribution is 2.49. The lowest BCUT2D eigenvalue weighted by molar-refractivity contribution is -0.117. The average molecular weight is 421 g/mol. The fourth-order valence-electron chi connectivity index (χ4n) is 5.10. The minimum absolute atomic E-state index is 0.0575. The Morgan fingerprint density at radius 2 is 1.97 bits per heavy atom. The SMILES string of the molecule is O=C(CC1CC2CC(c3ccnc4ccc(F)cc34)=C[C@H]2C1)Nc1ccc(Cl)cc1. The Balaban J connectivity index is 1.26. The van der Waals surface area contributed by atoms with Gasteiger partial charge in [-0.2, -0.15) is 0 Å². The van der Waals surface area contributed by atoms with Crippen molar-refractivity contribution in [1.82, 2.24) is 4.98 Å². The molecular weight excluding hydrogens is 399 g/mol. The standard InChI is InChI=1S/C25H22ClFN2O/c26-19-1-4-21(5-2-19)29-25(30)11-15-9-16-12-18(13-17(16)10-15)22-7-8-28-24-6-3-20(27)14-23(22)24/h1-8,12,14-17H,9-11,13H2,(H,29,30)/t15?,16-,17?/m1/s1. The molecule has 5 heteroatoms. The van der Waals surface area contributed by atoms with Crippen molar-refractivity contribution in [2.24, 2.45) is 17.8 Å². The Labute approximate surface area is 180 Å². The number of anilines is 1. The fourth-order valence-corrected chi connectivity index (χ4v) is 5.22. The van der Waals surface area contributed by atoms with Crippen molar-refractivity contribution >= 4 is 39.7 Å². The van der Waals surface area contributed by atoms with E-state index in [1.54, 1.807) is 30.5 Å². The molecule has 5 rings (SSSR count). The van der Waals surface area contributed by atoms with Crippen LogP contribution in [0.15, 0.2) is 60.8 Å². The molecule has 1 heterocycles. The molecular formula is C25H22ClFN2O. The highest BCUT2D eigenvalue weighted by Gasteiger charge is 2.38. The first-order chi connectivity index (χ1) is 14.5. The largest absolute Gasteiger partial charge is 0.326 e. The highest BCUT2D eigenvalue weighted by molar-refractivity contribution is 6.30. The first-order valence-corrected chi connectivity index (χ1v) is 10.7. The lowest BCUT2D eigenvalue weighted by atomic mass is 9.94. The second-order valence-corrected chi connectivity index (χ2v) is 8.87. The number of carbonyl (C=O) groups is 1. The Morgan fingerprint density at radius 3 is 2.77 bits per heavy atom. The van der Waals surface area contributed by atoms with Crippen LogP contribution < -0.4 is 5.32 Å². The van der Waals surface area contributed by atoms with Gasteiger partial charge in [-0.25, -0.2) is 4.39 Å². The van der Waals surface area contributed by atoms with Gasteiger partial charge in [0.25, 0.3) is 0 Å². The van der Waals surface area contributed by atoms with Gasteiger partial charge in [-0.15, -0.1) is 0 Å². The van der Waals surface area contributed by atoms with E-state index in [9.17, 15) is 9.18 Å². The van der Waals surface area contributed by atoms with Gasteiger partial charge in [0.2, 0.25) is 5.91 Å². The van der Waals surface area contributed by atoms with Gasteiger partial charge in [-0.1, -0.05) is 17.7 Å². The Kier molecular flexibility index (Phi) is 5.03. The average Bonchev–Trinajstić information content (AvgIpc) is 3.27. The maximum absolute atomic E-state index is 13.8. The second-order valence-electron chi connectivity index (χ2n) is 8.44. The molecule has 152 valence electrons. The molecule has 2 aliphatic carbocycles. The van der Waals surface area contributed by atoms with Gasteiger partial charge in [0.1, 0.15) is 5.82 Å². The van der Waals surface area contributed by atoms with E-state index < -0.39 is 0 Å². The minimum Gasteiger partial charge on any atom is -0.326 e.